The molecule has 23 heavy (non-hydrogen) atoms. The lowest BCUT2D eigenvalue weighted by Gasteiger charge is -2.24. The fraction of sp³-hybridized carbons (Fsp3) is 0.588. The minimum Gasteiger partial charge on any atom is -0.493 e. The Hall–Kier alpha value is -1.40. The van der Waals surface area contributed by atoms with Crippen molar-refractivity contribution in [3.8, 4) is 11.5 Å². The molecule has 6 heteroatoms. The molecule has 2 rings (SSSR count). The summed E-state index contributed by atoms with van der Waals surface area (Å²) < 4.78 is 10.7. The standard InChI is InChI=1S/C17H26N2O3S/c1-11-7-15(21-3)16(22-4)9-14(11)12(2)19-17(20)8-13-10-23-6-5-18-13/h7,9,12-13,18H,5-6,8,10H2,1-4H3,(H,19,20). The van der Waals surface area contributed by atoms with Gasteiger partial charge in [-0.1, -0.05) is 0 Å². The highest BCUT2D eigenvalue weighted by molar-refractivity contribution is 7.99. The molecule has 0 radical (unpaired) electrons. The third-order valence-corrected chi connectivity index (χ3v) is 5.18. The van der Waals surface area contributed by atoms with Gasteiger partial charge in [-0.3, -0.25) is 4.79 Å². The summed E-state index contributed by atoms with van der Waals surface area (Å²) in [4.78, 5) is 12.3. The minimum atomic E-state index is -0.0708. The maximum absolute atomic E-state index is 12.3. The van der Waals surface area contributed by atoms with Gasteiger partial charge in [0.1, 0.15) is 0 Å². The third kappa shape index (κ3) is 4.78. The fourth-order valence-electron chi connectivity index (χ4n) is 2.82. The molecule has 1 aromatic rings. The summed E-state index contributed by atoms with van der Waals surface area (Å²) in [6.45, 7) is 4.99. The second-order valence-electron chi connectivity index (χ2n) is 5.78. The number of thioether (sulfide) groups is 1. The molecule has 1 heterocycles. The number of rotatable bonds is 6. The second-order valence-corrected chi connectivity index (χ2v) is 6.93. The lowest BCUT2D eigenvalue weighted by atomic mass is 10.0. The Morgan fingerprint density at radius 2 is 2.09 bits per heavy atom. The fourth-order valence-corrected chi connectivity index (χ4v) is 3.76. The highest BCUT2D eigenvalue weighted by atomic mass is 32.2. The molecule has 1 saturated heterocycles. The van der Waals surface area contributed by atoms with E-state index in [1.54, 1.807) is 14.2 Å². The van der Waals surface area contributed by atoms with E-state index in [1.165, 1.54) is 0 Å². The molecule has 1 fully saturated rings. The van der Waals surface area contributed by atoms with Crippen LogP contribution in [-0.2, 0) is 4.79 Å². The van der Waals surface area contributed by atoms with E-state index in [0.717, 1.165) is 29.2 Å². The van der Waals surface area contributed by atoms with E-state index in [2.05, 4.69) is 10.6 Å². The maximum Gasteiger partial charge on any atom is 0.222 e. The molecule has 2 atom stereocenters. The number of hydrogen-bond donors (Lipinski definition) is 2. The molecule has 1 amide bonds. The summed E-state index contributed by atoms with van der Waals surface area (Å²) in [5.74, 6) is 3.58. The van der Waals surface area contributed by atoms with E-state index in [4.69, 9.17) is 9.47 Å². The Kier molecular flexibility index (Phi) is 6.59. The number of carbonyl (C=O) groups is 1. The lowest BCUT2D eigenvalue weighted by molar-refractivity contribution is -0.122. The van der Waals surface area contributed by atoms with Crippen LogP contribution < -0.4 is 20.1 Å². The normalized spacial score (nSPS) is 19.0. The van der Waals surface area contributed by atoms with Crippen molar-refractivity contribution in [2.24, 2.45) is 0 Å². The number of hydrogen-bond acceptors (Lipinski definition) is 5. The van der Waals surface area contributed by atoms with Crippen molar-refractivity contribution in [1.82, 2.24) is 10.6 Å². The van der Waals surface area contributed by atoms with E-state index in [9.17, 15) is 4.79 Å². The Balaban J connectivity index is 2.01. The first-order valence-corrected chi connectivity index (χ1v) is 9.03. The predicted octanol–water partition coefficient (Wildman–Crippen LogP) is 2.28. The SMILES string of the molecule is COc1cc(C)c(C(C)NC(=O)CC2CSCCN2)cc1OC. The molecule has 0 spiro atoms. The summed E-state index contributed by atoms with van der Waals surface area (Å²) in [5, 5.41) is 6.48. The smallest absolute Gasteiger partial charge is 0.222 e. The van der Waals surface area contributed by atoms with Crippen molar-refractivity contribution in [3.63, 3.8) is 0 Å². The van der Waals surface area contributed by atoms with E-state index in [1.807, 2.05) is 37.7 Å². The molecular weight excluding hydrogens is 312 g/mol. The van der Waals surface area contributed by atoms with Crippen LogP contribution >= 0.6 is 11.8 Å². The van der Waals surface area contributed by atoms with Crippen LogP contribution in [0.5, 0.6) is 11.5 Å². The second kappa shape index (κ2) is 8.45. The molecule has 0 aromatic heterocycles. The van der Waals surface area contributed by atoms with Crippen LogP contribution in [0.25, 0.3) is 0 Å². The molecule has 1 aliphatic heterocycles. The van der Waals surface area contributed by atoms with Crippen molar-refractivity contribution in [1.29, 1.82) is 0 Å². The summed E-state index contributed by atoms with van der Waals surface area (Å²) in [5.41, 5.74) is 2.11. The van der Waals surface area contributed by atoms with Gasteiger partial charge in [-0.15, -0.1) is 0 Å². The average Bonchev–Trinajstić information content (AvgIpc) is 2.55. The van der Waals surface area contributed by atoms with Gasteiger partial charge in [-0.25, -0.2) is 0 Å². The van der Waals surface area contributed by atoms with Crippen molar-refractivity contribution in [2.75, 3.05) is 32.3 Å². The number of benzene rings is 1. The zero-order valence-electron chi connectivity index (χ0n) is 14.3. The first-order chi connectivity index (χ1) is 11.0. The van der Waals surface area contributed by atoms with Crippen molar-refractivity contribution in [2.45, 2.75) is 32.4 Å². The predicted molar refractivity (Wildman–Crippen MR) is 94.6 cm³/mol. The number of ether oxygens (including phenoxy) is 2. The molecule has 2 unspecified atom stereocenters. The zero-order valence-corrected chi connectivity index (χ0v) is 15.1. The number of amides is 1. The number of nitrogens with one attached hydrogen (secondary N) is 2. The van der Waals surface area contributed by atoms with Crippen LogP contribution in [0, 0.1) is 6.92 Å². The van der Waals surface area contributed by atoms with Gasteiger partial charge in [0, 0.05) is 30.5 Å². The quantitative estimate of drug-likeness (QED) is 0.833. The monoisotopic (exact) mass is 338 g/mol. The lowest BCUT2D eigenvalue weighted by Crippen LogP contribution is -2.41. The molecule has 5 nitrogen and oxygen atoms in total. The van der Waals surface area contributed by atoms with Crippen molar-refractivity contribution < 1.29 is 14.3 Å². The molecule has 0 bridgehead atoms. The van der Waals surface area contributed by atoms with E-state index >= 15 is 0 Å². The Bertz CT molecular complexity index is 545. The zero-order chi connectivity index (χ0) is 16.8. The number of aryl methyl sites for hydroxylation is 1. The Labute approximate surface area is 142 Å². The summed E-state index contributed by atoms with van der Waals surface area (Å²) in [6.07, 6.45) is 0.518. The average molecular weight is 338 g/mol. The molecule has 0 aliphatic carbocycles. The highest BCUT2D eigenvalue weighted by Crippen LogP contribution is 2.32. The Morgan fingerprint density at radius 3 is 2.70 bits per heavy atom. The van der Waals surface area contributed by atoms with Gasteiger partial charge >= 0.3 is 0 Å². The molecule has 0 saturated carbocycles. The van der Waals surface area contributed by atoms with E-state index in [-0.39, 0.29) is 18.0 Å². The number of carbonyl (C=O) groups excluding carboxylic acids is 1. The summed E-state index contributed by atoms with van der Waals surface area (Å²) in [7, 11) is 3.24. The van der Waals surface area contributed by atoms with E-state index < -0.39 is 0 Å². The molecular formula is C17H26N2O3S. The third-order valence-electron chi connectivity index (χ3n) is 4.05. The van der Waals surface area contributed by atoms with Crippen LogP contribution in [0.4, 0.5) is 0 Å². The first-order valence-electron chi connectivity index (χ1n) is 7.88. The minimum absolute atomic E-state index is 0.0708. The molecule has 1 aliphatic rings. The van der Waals surface area contributed by atoms with Crippen molar-refractivity contribution >= 4 is 17.7 Å². The Morgan fingerprint density at radius 1 is 1.39 bits per heavy atom. The molecule has 2 N–H and O–H groups in total. The van der Waals surface area contributed by atoms with Crippen LogP contribution in [-0.4, -0.2) is 44.2 Å². The van der Waals surface area contributed by atoms with Gasteiger partial charge < -0.3 is 20.1 Å². The largest absolute Gasteiger partial charge is 0.493 e. The van der Waals surface area contributed by atoms with Gasteiger partial charge in [0.25, 0.3) is 0 Å². The van der Waals surface area contributed by atoms with Crippen molar-refractivity contribution in [3.05, 3.63) is 23.3 Å². The maximum atomic E-state index is 12.3. The van der Waals surface area contributed by atoms with Crippen LogP contribution in [0.15, 0.2) is 12.1 Å². The summed E-state index contributed by atoms with van der Waals surface area (Å²) >= 11 is 1.90. The van der Waals surface area contributed by atoms with Gasteiger partial charge in [-0.05, 0) is 37.1 Å². The topological polar surface area (TPSA) is 59.6 Å². The van der Waals surface area contributed by atoms with E-state index in [0.29, 0.717) is 17.9 Å². The van der Waals surface area contributed by atoms with Crippen LogP contribution in [0.3, 0.4) is 0 Å². The van der Waals surface area contributed by atoms with Gasteiger partial charge in [0.2, 0.25) is 5.91 Å². The number of methoxy groups -OCH3 is 2. The molecule has 128 valence electrons. The van der Waals surface area contributed by atoms with Crippen LogP contribution in [0.2, 0.25) is 0 Å². The first kappa shape index (κ1) is 17.9. The summed E-state index contributed by atoms with van der Waals surface area (Å²) in [6, 6.07) is 4.08. The van der Waals surface area contributed by atoms with Gasteiger partial charge in [-0.2, -0.15) is 11.8 Å². The van der Waals surface area contributed by atoms with Gasteiger partial charge in [0.05, 0.1) is 20.3 Å². The van der Waals surface area contributed by atoms with Crippen LogP contribution in [0.1, 0.15) is 30.5 Å². The highest BCUT2D eigenvalue weighted by Gasteiger charge is 2.20. The van der Waals surface area contributed by atoms with Gasteiger partial charge in [0.15, 0.2) is 11.5 Å². The molecule has 1 aromatic carbocycles.